The summed E-state index contributed by atoms with van der Waals surface area (Å²) < 4.78 is 5.03. The second kappa shape index (κ2) is 6.75. The summed E-state index contributed by atoms with van der Waals surface area (Å²) in [6.45, 7) is 0. The number of methoxy groups -OCH3 is 1. The lowest BCUT2D eigenvalue weighted by Gasteiger charge is -2.09. The molecular formula is C14H16ClN3O. The van der Waals surface area contributed by atoms with E-state index in [9.17, 15) is 0 Å². The Labute approximate surface area is 118 Å². The van der Waals surface area contributed by atoms with Gasteiger partial charge in [-0.2, -0.15) is 0 Å². The maximum Gasteiger partial charge on any atom is 0.212 e. The van der Waals surface area contributed by atoms with E-state index in [2.05, 4.69) is 4.98 Å². The molecule has 1 aromatic heterocycles. The van der Waals surface area contributed by atoms with Crippen LogP contribution in [-0.4, -0.2) is 17.9 Å². The second-order valence-corrected chi connectivity index (χ2v) is 3.95. The van der Waals surface area contributed by atoms with Crippen LogP contribution in [0.4, 0.5) is 0 Å². The lowest BCUT2D eigenvalue weighted by molar-refractivity contribution is 0.398. The number of halogens is 1. The Morgan fingerprint density at radius 1 is 1.26 bits per heavy atom. The summed E-state index contributed by atoms with van der Waals surface area (Å²) in [6.07, 6.45) is 2.21. The molecule has 0 spiro atoms. The van der Waals surface area contributed by atoms with Crippen LogP contribution in [0.2, 0.25) is 0 Å². The highest BCUT2D eigenvalue weighted by Gasteiger charge is 2.06. The standard InChI is InChI=1S/C14H15N3O.ClH/c1-18-14-7-6-11(9-17-14)12-5-3-2-4-10(12)8-13(15)16;/h2-7,9H,8H2,1H3,(H3,15,16);1H. The molecule has 1 heterocycles. The molecule has 0 aliphatic heterocycles. The molecule has 19 heavy (non-hydrogen) atoms. The summed E-state index contributed by atoms with van der Waals surface area (Å²) in [5.74, 6) is 0.742. The third-order valence-electron chi connectivity index (χ3n) is 2.65. The van der Waals surface area contributed by atoms with Crippen LogP contribution in [0.1, 0.15) is 5.56 Å². The van der Waals surface area contributed by atoms with Crippen LogP contribution in [0.15, 0.2) is 42.6 Å². The van der Waals surface area contributed by atoms with Gasteiger partial charge < -0.3 is 10.5 Å². The number of nitrogens with zero attached hydrogens (tertiary/aromatic N) is 1. The van der Waals surface area contributed by atoms with Crippen molar-refractivity contribution < 1.29 is 4.74 Å². The number of pyridine rings is 1. The highest BCUT2D eigenvalue weighted by atomic mass is 35.5. The molecular weight excluding hydrogens is 262 g/mol. The van der Waals surface area contributed by atoms with Crippen LogP contribution >= 0.6 is 12.4 Å². The van der Waals surface area contributed by atoms with Crippen LogP contribution in [0.3, 0.4) is 0 Å². The first-order valence-electron chi connectivity index (χ1n) is 5.62. The maximum atomic E-state index is 7.40. The fourth-order valence-electron chi connectivity index (χ4n) is 1.82. The Morgan fingerprint density at radius 3 is 2.58 bits per heavy atom. The van der Waals surface area contributed by atoms with Crippen molar-refractivity contribution >= 4 is 18.2 Å². The minimum Gasteiger partial charge on any atom is -0.481 e. The van der Waals surface area contributed by atoms with Gasteiger partial charge in [0.05, 0.1) is 12.9 Å². The van der Waals surface area contributed by atoms with Crippen LogP contribution < -0.4 is 10.5 Å². The minimum atomic E-state index is 0. The zero-order chi connectivity index (χ0) is 13.0. The van der Waals surface area contributed by atoms with Crippen molar-refractivity contribution in [3.8, 4) is 17.0 Å². The zero-order valence-corrected chi connectivity index (χ0v) is 11.4. The normalized spacial score (nSPS) is 9.53. The van der Waals surface area contributed by atoms with E-state index in [1.165, 1.54) is 0 Å². The molecule has 1 aromatic carbocycles. The molecule has 0 amide bonds. The molecule has 0 radical (unpaired) electrons. The number of nitrogens with two attached hydrogens (primary N) is 1. The van der Waals surface area contributed by atoms with Gasteiger partial charge in [0.25, 0.3) is 0 Å². The molecule has 2 rings (SSSR count). The Bertz CT molecular complexity index is 555. The number of hydrogen-bond acceptors (Lipinski definition) is 3. The highest BCUT2D eigenvalue weighted by molar-refractivity contribution is 5.85. The van der Waals surface area contributed by atoms with Gasteiger partial charge in [-0.25, -0.2) is 4.98 Å². The van der Waals surface area contributed by atoms with E-state index in [1.54, 1.807) is 13.3 Å². The van der Waals surface area contributed by atoms with Crippen molar-refractivity contribution in [1.82, 2.24) is 4.98 Å². The summed E-state index contributed by atoms with van der Waals surface area (Å²) in [6, 6.07) is 11.6. The minimum absolute atomic E-state index is 0. The predicted molar refractivity (Wildman–Crippen MR) is 79.1 cm³/mol. The Balaban J connectivity index is 0.00000180. The van der Waals surface area contributed by atoms with Crippen molar-refractivity contribution in [3.05, 3.63) is 48.2 Å². The average Bonchev–Trinajstić information content (AvgIpc) is 2.39. The maximum absolute atomic E-state index is 7.40. The quantitative estimate of drug-likeness (QED) is 0.667. The van der Waals surface area contributed by atoms with E-state index in [0.29, 0.717) is 12.3 Å². The molecule has 4 nitrogen and oxygen atoms in total. The molecule has 0 aliphatic rings. The van der Waals surface area contributed by atoms with E-state index >= 15 is 0 Å². The summed E-state index contributed by atoms with van der Waals surface area (Å²) in [5, 5.41) is 7.40. The average molecular weight is 278 g/mol. The van der Waals surface area contributed by atoms with Crippen molar-refractivity contribution in [1.29, 1.82) is 5.41 Å². The Morgan fingerprint density at radius 2 is 2.00 bits per heavy atom. The van der Waals surface area contributed by atoms with Gasteiger partial charge in [-0.1, -0.05) is 24.3 Å². The summed E-state index contributed by atoms with van der Waals surface area (Å²) in [5.41, 5.74) is 8.53. The molecule has 0 unspecified atom stereocenters. The Hall–Kier alpha value is -2.07. The molecule has 100 valence electrons. The third kappa shape index (κ3) is 3.69. The van der Waals surface area contributed by atoms with Gasteiger partial charge in [-0.15, -0.1) is 12.4 Å². The Kier molecular flexibility index (Phi) is 5.33. The first-order chi connectivity index (χ1) is 8.70. The largest absolute Gasteiger partial charge is 0.481 e. The van der Waals surface area contributed by atoms with E-state index in [0.717, 1.165) is 16.7 Å². The van der Waals surface area contributed by atoms with Crippen LogP contribution in [0.25, 0.3) is 11.1 Å². The number of nitrogens with one attached hydrogen (secondary N) is 1. The summed E-state index contributed by atoms with van der Waals surface area (Å²) >= 11 is 0. The van der Waals surface area contributed by atoms with Gasteiger partial charge in [0, 0.05) is 24.2 Å². The number of amidine groups is 1. The van der Waals surface area contributed by atoms with Crippen LogP contribution in [-0.2, 0) is 6.42 Å². The molecule has 0 fully saturated rings. The van der Waals surface area contributed by atoms with Gasteiger partial charge in [0.1, 0.15) is 0 Å². The summed E-state index contributed by atoms with van der Waals surface area (Å²) in [4.78, 5) is 4.19. The van der Waals surface area contributed by atoms with Gasteiger partial charge in [-0.3, -0.25) is 5.41 Å². The lowest BCUT2D eigenvalue weighted by Crippen LogP contribution is -2.13. The number of ether oxygens (including phenoxy) is 1. The third-order valence-corrected chi connectivity index (χ3v) is 2.65. The molecule has 0 aliphatic carbocycles. The van der Waals surface area contributed by atoms with Gasteiger partial charge in [0.15, 0.2) is 0 Å². The number of hydrogen-bond donors (Lipinski definition) is 2. The van der Waals surface area contributed by atoms with Crippen molar-refractivity contribution in [2.75, 3.05) is 7.11 Å². The van der Waals surface area contributed by atoms with Crippen molar-refractivity contribution in [3.63, 3.8) is 0 Å². The molecule has 0 saturated carbocycles. The van der Waals surface area contributed by atoms with Gasteiger partial charge >= 0.3 is 0 Å². The molecule has 0 saturated heterocycles. The van der Waals surface area contributed by atoms with Crippen LogP contribution in [0, 0.1) is 5.41 Å². The molecule has 3 N–H and O–H groups in total. The number of rotatable bonds is 4. The second-order valence-electron chi connectivity index (χ2n) is 3.95. The SMILES string of the molecule is COc1ccc(-c2ccccc2CC(=N)N)cn1.Cl. The first kappa shape index (κ1) is 15.0. The van der Waals surface area contributed by atoms with E-state index < -0.39 is 0 Å². The zero-order valence-electron chi connectivity index (χ0n) is 10.6. The van der Waals surface area contributed by atoms with Crippen molar-refractivity contribution in [2.45, 2.75) is 6.42 Å². The molecule has 0 bridgehead atoms. The molecule has 5 heteroatoms. The fourth-order valence-corrected chi connectivity index (χ4v) is 1.82. The first-order valence-corrected chi connectivity index (χ1v) is 5.62. The van der Waals surface area contributed by atoms with Gasteiger partial charge in [-0.05, 0) is 17.2 Å². The lowest BCUT2D eigenvalue weighted by atomic mass is 9.99. The van der Waals surface area contributed by atoms with E-state index in [1.807, 2.05) is 36.4 Å². The smallest absolute Gasteiger partial charge is 0.212 e. The molecule has 2 aromatic rings. The van der Waals surface area contributed by atoms with Crippen LogP contribution in [0.5, 0.6) is 5.88 Å². The highest BCUT2D eigenvalue weighted by Crippen LogP contribution is 2.24. The summed E-state index contributed by atoms with van der Waals surface area (Å²) in [7, 11) is 1.59. The predicted octanol–water partition coefficient (Wildman–Crippen LogP) is 2.66. The van der Waals surface area contributed by atoms with Gasteiger partial charge in [0.2, 0.25) is 5.88 Å². The topological polar surface area (TPSA) is 72.0 Å². The van der Waals surface area contributed by atoms with E-state index in [4.69, 9.17) is 15.9 Å². The van der Waals surface area contributed by atoms with Crippen molar-refractivity contribution in [2.24, 2.45) is 5.73 Å². The fraction of sp³-hybridized carbons (Fsp3) is 0.143. The monoisotopic (exact) mass is 277 g/mol. The number of aromatic nitrogens is 1. The molecule has 0 atom stereocenters. The number of benzene rings is 1. The van der Waals surface area contributed by atoms with E-state index in [-0.39, 0.29) is 18.2 Å².